The van der Waals surface area contributed by atoms with Crippen LogP contribution >= 0.6 is 0 Å². The SMILES string of the molecule is C=CCN(c1ccccc1)S(=O)(=O)c1ccc2[nH]cc(C(=O)NCc3ccc(C)cc3)c(=O)c2c1. The van der Waals surface area contributed by atoms with Crippen molar-refractivity contribution in [3.8, 4) is 0 Å². The lowest BCUT2D eigenvalue weighted by molar-refractivity contribution is 0.0949. The van der Waals surface area contributed by atoms with Gasteiger partial charge in [0.2, 0.25) is 5.43 Å². The van der Waals surface area contributed by atoms with Crippen LogP contribution in [0.3, 0.4) is 0 Å². The molecule has 3 aromatic carbocycles. The van der Waals surface area contributed by atoms with Crippen LogP contribution in [0.2, 0.25) is 0 Å². The van der Waals surface area contributed by atoms with Gasteiger partial charge in [-0.25, -0.2) is 8.42 Å². The first-order valence-corrected chi connectivity index (χ1v) is 12.4. The number of nitrogens with zero attached hydrogens (tertiary/aromatic N) is 1. The number of aromatic nitrogens is 1. The van der Waals surface area contributed by atoms with Crippen LogP contribution in [0.25, 0.3) is 10.9 Å². The number of carbonyl (C=O) groups is 1. The second-order valence-electron chi connectivity index (χ2n) is 8.07. The Hall–Kier alpha value is -4.17. The van der Waals surface area contributed by atoms with Gasteiger partial charge in [0.15, 0.2) is 0 Å². The average Bonchev–Trinajstić information content (AvgIpc) is 2.87. The molecule has 0 bridgehead atoms. The molecule has 0 saturated heterocycles. The molecule has 8 heteroatoms. The van der Waals surface area contributed by atoms with Crippen LogP contribution in [0.1, 0.15) is 21.5 Å². The average molecular weight is 488 g/mol. The number of benzene rings is 3. The highest BCUT2D eigenvalue weighted by atomic mass is 32.2. The van der Waals surface area contributed by atoms with Gasteiger partial charge in [-0.2, -0.15) is 0 Å². The molecule has 0 aliphatic rings. The van der Waals surface area contributed by atoms with E-state index in [-0.39, 0.29) is 28.9 Å². The summed E-state index contributed by atoms with van der Waals surface area (Å²) in [7, 11) is -4.00. The Kier molecular flexibility index (Phi) is 6.84. The lowest BCUT2D eigenvalue weighted by Gasteiger charge is -2.23. The number of H-pyrrole nitrogens is 1. The number of hydrogen-bond acceptors (Lipinski definition) is 4. The van der Waals surface area contributed by atoms with Gasteiger partial charge in [0.25, 0.3) is 15.9 Å². The summed E-state index contributed by atoms with van der Waals surface area (Å²) >= 11 is 0. The Balaban J connectivity index is 1.68. The summed E-state index contributed by atoms with van der Waals surface area (Å²) in [5, 5.41) is 2.86. The zero-order chi connectivity index (χ0) is 25.0. The van der Waals surface area contributed by atoms with E-state index in [4.69, 9.17) is 0 Å². The molecule has 0 fully saturated rings. The van der Waals surface area contributed by atoms with E-state index in [0.717, 1.165) is 11.1 Å². The molecule has 4 aromatic rings. The molecule has 2 N–H and O–H groups in total. The fourth-order valence-electron chi connectivity index (χ4n) is 3.69. The first-order chi connectivity index (χ1) is 16.8. The Bertz CT molecular complexity index is 1540. The zero-order valence-electron chi connectivity index (χ0n) is 19.2. The maximum absolute atomic E-state index is 13.5. The quantitative estimate of drug-likeness (QED) is 0.365. The van der Waals surface area contributed by atoms with E-state index >= 15 is 0 Å². The number of aromatic amines is 1. The van der Waals surface area contributed by atoms with Crippen molar-refractivity contribution < 1.29 is 13.2 Å². The Morgan fingerprint density at radius 1 is 1.06 bits per heavy atom. The van der Waals surface area contributed by atoms with Crippen molar-refractivity contribution >= 4 is 32.5 Å². The van der Waals surface area contributed by atoms with Gasteiger partial charge in [-0.1, -0.05) is 54.1 Å². The monoisotopic (exact) mass is 487 g/mol. The van der Waals surface area contributed by atoms with Crippen molar-refractivity contribution in [2.45, 2.75) is 18.4 Å². The maximum atomic E-state index is 13.5. The Labute approximate surface area is 203 Å². The molecule has 0 spiro atoms. The number of nitrogens with one attached hydrogen (secondary N) is 2. The first kappa shape index (κ1) is 24.0. The van der Waals surface area contributed by atoms with Crippen LogP contribution in [-0.4, -0.2) is 25.9 Å². The number of anilines is 1. The first-order valence-electron chi connectivity index (χ1n) is 11.0. The molecule has 178 valence electrons. The molecule has 4 rings (SSSR count). The molecule has 1 amide bonds. The molecule has 35 heavy (non-hydrogen) atoms. The number of sulfonamides is 1. The second kappa shape index (κ2) is 9.99. The third kappa shape index (κ3) is 5.02. The minimum Gasteiger partial charge on any atom is -0.360 e. The summed E-state index contributed by atoms with van der Waals surface area (Å²) in [6.45, 7) is 5.96. The number of para-hydroxylation sites is 1. The second-order valence-corrected chi connectivity index (χ2v) is 9.93. The van der Waals surface area contributed by atoms with Gasteiger partial charge in [-0.3, -0.25) is 13.9 Å². The van der Waals surface area contributed by atoms with Crippen LogP contribution in [0, 0.1) is 6.92 Å². The normalized spacial score (nSPS) is 11.2. The summed E-state index contributed by atoms with van der Waals surface area (Å²) in [5.74, 6) is -0.542. The van der Waals surface area contributed by atoms with Gasteiger partial charge < -0.3 is 10.3 Å². The van der Waals surface area contributed by atoms with Gasteiger partial charge >= 0.3 is 0 Å². The smallest absolute Gasteiger partial charge is 0.264 e. The number of pyridine rings is 1. The highest BCUT2D eigenvalue weighted by molar-refractivity contribution is 7.92. The fourth-order valence-corrected chi connectivity index (χ4v) is 5.15. The van der Waals surface area contributed by atoms with Crippen molar-refractivity contribution in [2.24, 2.45) is 0 Å². The number of hydrogen-bond donors (Lipinski definition) is 2. The molecule has 0 radical (unpaired) electrons. The van der Waals surface area contributed by atoms with Crippen LogP contribution in [0.5, 0.6) is 0 Å². The molecule has 0 atom stereocenters. The largest absolute Gasteiger partial charge is 0.360 e. The standard InChI is InChI=1S/C27H25N3O4S/c1-3-15-30(21-7-5-4-6-8-21)35(33,34)22-13-14-25-23(16-22)26(31)24(18-28-25)27(32)29-17-20-11-9-19(2)10-12-20/h3-14,16,18H,1,15,17H2,2H3,(H,28,31)(H,29,32). The number of amides is 1. The summed E-state index contributed by atoms with van der Waals surface area (Å²) in [6, 6.07) is 20.6. The molecular formula is C27H25N3O4S. The van der Waals surface area contributed by atoms with Gasteiger partial charge in [-0.05, 0) is 42.8 Å². The van der Waals surface area contributed by atoms with E-state index in [1.807, 2.05) is 31.2 Å². The van der Waals surface area contributed by atoms with Gasteiger partial charge in [-0.15, -0.1) is 6.58 Å². The van der Waals surface area contributed by atoms with Gasteiger partial charge in [0.1, 0.15) is 5.56 Å². The summed E-state index contributed by atoms with van der Waals surface area (Å²) in [6.07, 6.45) is 2.84. The molecule has 0 saturated carbocycles. The van der Waals surface area contributed by atoms with Crippen molar-refractivity contribution in [2.75, 3.05) is 10.8 Å². The van der Waals surface area contributed by atoms with E-state index in [1.165, 1.54) is 34.8 Å². The summed E-state index contributed by atoms with van der Waals surface area (Å²) in [5.41, 5.74) is 2.27. The van der Waals surface area contributed by atoms with E-state index in [0.29, 0.717) is 11.2 Å². The number of fused-ring (bicyclic) bond motifs is 1. The predicted octanol–water partition coefficient (Wildman–Crippen LogP) is 4.15. The summed E-state index contributed by atoms with van der Waals surface area (Å²) < 4.78 is 28.1. The topological polar surface area (TPSA) is 99.3 Å². The highest BCUT2D eigenvalue weighted by Gasteiger charge is 2.25. The minimum absolute atomic E-state index is 0.0570. The minimum atomic E-state index is -4.00. The zero-order valence-corrected chi connectivity index (χ0v) is 20.0. The van der Waals surface area contributed by atoms with Gasteiger partial charge in [0.05, 0.1) is 17.1 Å². The molecule has 0 unspecified atom stereocenters. The number of carbonyl (C=O) groups excluding carboxylic acids is 1. The third-order valence-electron chi connectivity index (χ3n) is 5.60. The lowest BCUT2D eigenvalue weighted by Crippen LogP contribution is -2.31. The molecule has 1 aromatic heterocycles. The Morgan fingerprint density at radius 3 is 2.46 bits per heavy atom. The van der Waals surface area contributed by atoms with Crippen LogP contribution in [0.15, 0.2) is 101 Å². The lowest BCUT2D eigenvalue weighted by atomic mass is 10.1. The predicted molar refractivity (Wildman–Crippen MR) is 138 cm³/mol. The number of rotatable bonds is 8. The third-order valence-corrected chi connectivity index (χ3v) is 7.39. The molecule has 7 nitrogen and oxygen atoms in total. The molecule has 0 aliphatic heterocycles. The van der Waals surface area contributed by atoms with E-state index in [1.54, 1.807) is 30.3 Å². The Morgan fingerprint density at radius 2 is 1.77 bits per heavy atom. The van der Waals surface area contributed by atoms with E-state index < -0.39 is 21.4 Å². The highest BCUT2D eigenvalue weighted by Crippen LogP contribution is 2.25. The van der Waals surface area contributed by atoms with Crippen molar-refractivity contribution in [1.29, 1.82) is 0 Å². The van der Waals surface area contributed by atoms with Gasteiger partial charge in [0, 0.05) is 23.6 Å². The van der Waals surface area contributed by atoms with Crippen LogP contribution < -0.4 is 15.1 Å². The van der Waals surface area contributed by atoms with Crippen LogP contribution in [-0.2, 0) is 16.6 Å². The van der Waals surface area contributed by atoms with Crippen molar-refractivity contribution in [3.05, 3.63) is 119 Å². The van der Waals surface area contributed by atoms with Crippen molar-refractivity contribution in [1.82, 2.24) is 10.3 Å². The van der Waals surface area contributed by atoms with Crippen molar-refractivity contribution in [3.63, 3.8) is 0 Å². The van der Waals surface area contributed by atoms with E-state index in [9.17, 15) is 18.0 Å². The fraction of sp³-hybridized carbons (Fsp3) is 0.111. The van der Waals surface area contributed by atoms with Crippen LogP contribution in [0.4, 0.5) is 5.69 Å². The molecule has 0 aliphatic carbocycles. The molecule has 1 heterocycles. The van der Waals surface area contributed by atoms with E-state index in [2.05, 4.69) is 16.9 Å². The number of aryl methyl sites for hydroxylation is 1. The molecular weight excluding hydrogens is 462 g/mol. The summed E-state index contributed by atoms with van der Waals surface area (Å²) in [4.78, 5) is 28.8. The maximum Gasteiger partial charge on any atom is 0.264 e.